The Morgan fingerprint density at radius 1 is 1.34 bits per heavy atom. The SMILES string of the molecule is C=CCc1c(OC)c([N+](=O)[O-])cc2c(C(N)c3ccc4c(c3)OCO4)ncnc12. The second-order valence-corrected chi connectivity index (χ2v) is 6.40. The molecule has 29 heavy (non-hydrogen) atoms. The third-order valence-corrected chi connectivity index (χ3v) is 4.79. The standard InChI is InChI=1S/C20H18N4O5/c1-3-4-12-18-13(8-14(24(25)26)20(12)27-2)19(23-9-22-18)17(21)11-5-6-15-16(7-11)29-10-28-15/h3,5-9,17H,1,4,10,21H2,2H3. The first-order valence-electron chi connectivity index (χ1n) is 8.80. The van der Waals surface area contributed by atoms with Gasteiger partial charge in [0.2, 0.25) is 12.5 Å². The molecule has 9 heteroatoms. The van der Waals surface area contributed by atoms with Crippen LogP contribution in [0.4, 0.5) is 5.69 Å². The number of hydrogen-bond acceptors (Lipinski definition) is 8. The highest BCUT2D eigenvalue weighted by atomic mass is 16.7. The summed E-state index contributed by atoms with van der Waals surface area (Å²) in [6.07, 6.45) is 3.38. The van der Waals surface area contributed by atoms with E-state index in [-0.39, 0.29) is 18.2 Å². The minimum absolute atomic E-state index is 0.154. The third-order valence-electron chi connectivity index (χ3n) is 4.79. The van der Waals surface area contributed by atoms with E-state index >= 15 is 0 Å². The maximum Gasteiger partial charge on any atom is 0.312 e. The van der Waals surface area contributed by atoms with Crippen molar-refractivity contribution >= 4 is 16.6 Å². The Hall–Kier alpha value is -3.72. The van der Waals surface area contributed by atoms with Crippen molar-refractivity contribution in [3.8, 4) is 17.2 Å². The van der Waals surface area contributed by atoms with Gasteiger partial charge in [0, 0.05) is 17.0 Å². The highest BCUT2D eigenvalue weighted by molar-refractivity contribution is 5.90. The van der Waals surface area contributed by atoms with Crippen molar-refractivity contribution in [2.75, 3.05) is 13.9 Å². The van der Waals surface area contributed by atoms with Crippen LogP contribution in [0.2, 0.25) is 0 Å². The molecule has 0 aliphatic carbocycles. The van der Waals surface area contributed by atoms with Crippen molar-refractivity contribution < 1.29 is 19.1 Å². The number of rotatable bonds is 6. The van der Waals surface area contributed by atoms with Gasteiger partial charge in [-0.2, -0.15) is 0 Å². The van der Waals surface area contributed by atoms with Crippen LogP contribution < -0.4 is 19.9 Å². The number of nitrogens with zero attached hydrogens (tertiary/aromatic N) is 3. The average Bonchev–Trinajstić information content (AvgIpc) is 3.20. The number of allylic oxidation sites excluding steroid dienone is 1. The number of aromatic nitrogens is 2. The van der Waals surface area contributed by atoms with E-state index in [9.17, 15) is 10.1 Å². The van der Waals surface area contributed by atoms with Crippen LogP contribution in [-0.4, -0.2) is 28.8 Å². The molecule has 0 bridgehead atoms. The van der Waals surface area contributed by atoms with Crippen LogP contribution in [0.1, 0.15) is 22.9 Å². The Kier molecular flexibility index (Phi) is 4.73. The van der Waals surface area contributed by atoms with Gasteiger partial charge >= 0.3 is 5.69 Å². The molecule has 0 saturated carbocycles. The molecule has 1 unspecified atom stereocenters. The number of nitro groups is 1. The zero-order valence-corrected chi connectivity index (χ0v) is 15.6. The van der Waals surface area contributed by atoms with Crippen molar-refractivity contribution in [1.29, 1.82) is 0 Å². The first-order chi connectivity index (χ1) is 14.0. The molecule has 0 amide bonds. The van der Waals surface area contributed by atoms with Crippen LogP contribution in [0, 0.1) is 10.1 Å². The molecule has 0 spiro atoms. The Labute approximate surface area is 165 Å². The fourth-order valence-corrected chi connectivity index (χ4v) is 3.47. The summed E-state index contributed by atoms with van der Waals surface area (Å²) in [5.74, 6) is 1.39. The molecule has 0 saturated heterocycles. The number of benzene rings is 2. The quantitative estimate of drug-likeness (QED) is 0.384. The minimum atomic E-state index is -0.653. The minimum Gasteiger partial charge on any atom is -0.490 e. The van der Waals surface area contributed by atoms with E-state index in [0.29, 0.717) is 40.1 Å². The van der Waals surface area contributed by atoms with E-state index in [4.69, 9.17) is 19.9 Å². The number of nitro benzene ring substituents is 1. The van der Waals surface area contributed by atoms with Crippen LogP contribution in [0.15, 0.2) is 43.2 Å². The first-order valence-corrected chi connectivity index (χ1v) is 8.80. The molecule has 1 atom stereocenters. The monoisotopic (exact) mass is 394 g/mol. The summed E-state index contributed by atoms with van der Waals surface area (Å²) in [6.45, 7) is 3.89. The second kappa shape index (κ2) is 7.36. The lowest BCUT2D eigenvalue weighted by atomic mass is 9.97. The lowest BCUT2D eigenvalue weighted by Gasteiger charge is -2.16. The van der Waals surface area contributed by atoms with Crippen LogP contribution in [0.3, 0.4) is 0 Å². The Bertz CT molecular complexity index is 1130. The Balaban J connectivity index is 1.93. The van der Waals surface area contributed by atoms with Gasteiger partial charge in [-0.25, -0.2) is 9.97 Å². The van der Waals surface area contributed by atoms with Gasteiger partial charge in [0.05, 0.1) is 29.3 Å². The summed E-state index contributed by atoms with van der Waals surface area (Å²) in [5.41, 5.74) is 8.61. The fraction of sp³-hybridized carbons (Fsp3) is 0.200. The topological polar surface area (TPSA) is 123 Å². The maximum atomic E-state index is 11.7. The van der Waals surface area contributed by atoms with Crippen molar-refractivity contribution in [3.63, 3.8) is 0 Å². The molecule has 3 aromatic rings. The molecular weight excluding hydrogens is 376 g/mol. The molecular formula is C20H18N4O5. The van der Waals surface area contributed by atoms with E-state index in [1.165, 1.54) is 19.5 Å². The highest BCUT2D eigenvalue weighted by Gasteiger charge is 2.26. The van der Waals surface area contributed by atoms with Gasteiger partial charge in [-0.3, -0.25) is 10.1 Å². The molecule has 2 aromatic carbocycles. The number of hydrogen-bond donors (Lipinski definition) is 1. The summed E-state index contributed by atoms with van der Waals surface area (Å²) in [5, 5.41) is 12.1. The van der Waals surface area contributed by atoms with E-state index in [1.807, 2.05) is 6.07 Å². The summed E-state index contributed by atoms with van der Waals surface area (Å²) in [6, 6.07) is 6.12. The summed E-state index contributed by atoms with van der Waals surface area (Å²) < 4.78 is 16.1. The number of fused-ring (bicyclic) bond motifs is 2. The molecule has 4 rings (SSSR count). The molecule has 9 nitrogen and oxygen atoms in total. The number of ether oxygens (including phenoxy) is 3. The van der Waals surface area contributed by atoms with Gasteiger partial charge in [0.15, 0.2) is 11.5 Å². The van der Waals surface area contributed by atoms with Crippen LogP contribution >= 0.6 is 0 Å². The van der Waals surface area contributed by atoms with Gasteiger partial charge in [-0.15, -0.1) is 6.58 Å². The predicted octanol–water partition coefficient (Wildman–Crippen LogP) is 3.05. The van der Waals surface area contributed by atoms with E-state index in [1.54, 1.807) is 18.2 Å². The number of methoxy groups -OCH3 is 1. The summed E-state index contributed by atoms with van der Waals surface area (Å²) in [7, 11) is 1.39. The number of nitrogens with two attached hydrogens (primary N) is 1. The molecule has 0 radical (unpaired) electrons. The van der Waals surface area contributed by atoms with Crippen molar-refractivity contribution in [2.45, 2.75) is 12.5 Å². The van der Waals surface area contributed by atoms with Gasteiger partial charge in [-0.05, 0) is 24.1 Å². The maximum absolute atomic E-state index is 11.7. The summed E-state index contributed by atoms with van der Waals surface area (Å²) >= 11 is 0. The predicted molar refractivity (Wildman–Crippen MR) is 105 cm³/mol. The smallest absolute Gasteiger partial charge is 0.312 e. The average molecular weight is 394 g/mol. The van der Waals surface area contributed by atoms with E-state index in [2.05, 4.69) is 16.5 Å². The zero-order valence-electron chi connectivity index (χ0n) is 15.6. The lowest BCUT2D eigenvalue weighted by Crippen LogP contribution is -2.15. The van der Waals surface area contributed by atoms with E-state index < -0.39 is 11.0 Å². The molecule has 1 aliphatic heterocycles. The van der Waals surface area contributed by atoms with Gasteiger partial charge < -0.3 is 19.9 Å². The third kappa shape index (κ3) is 3.11. The molecule has 2 N–H and O–H groups in total. The second-order valence-electron chi connectivity index (χ2n) is 6.40. The zero-order chi connectivity index (χ0) is 20.5. The molecule has 2 heterocycles. The van der Waals surface area contributed by atoms with Gasteiger partial charge in [0.1, 0.15) is 6.33 Å². The summed E-state index contributed by atoms with van der Waals surface area (Å²) in [4.78, 5) is 19.8. The van der Waals surface area contributed by atoms with Crippen LogP contribution in [0.5, 0.6) is 17.2 Å². The molecule has 1 aromatic heterocycles. The van der Waals surface area contributed by atoms with Crippen molar-refractivity contribution in [1.82, 2.24) is 9.97 Å². The van der Waals surface area contributed by atoms with Gasteiger partial charge in [-0.1, -0.05) is 12.1 Å². The van der Waals surface area contributed by atoms with Crippen LogP contribution in [0.25, 0.3) is 10.9 Å². The largest absolute Gasteiger partial charge is 0.490 e. The molecule has 1 aliphatic rings. The van der Waals surface area contributed by atoms with Crippen molar-refractivity contribution in [2.24, 2.45) is 5.73 Å². The van der Waals surface area contributed by atoms with Gasteiger partial charge in [0.25, 0.3) is 0 Å². The van der Waals surface area contributed by atoms with Crippen molar-refractivity contribution in [3.05, 3.63) is 70.2 Å². The molecule has 148 valence electrons. The Morgan fingerprint density at radius 3 is 2.86 bits per heavy atom. The highest BCUT2D eigenvalue weighted by Crippen LogP contribution is 2.40. The fourth-order valence-electron chi connectivity index (χ4n) is 3.47. The Morgan fingerprint density at radius 2 is 2.14 bits per heavy atom. The lowest BCUT2D eigenvalue weighted by molar-refractivity contribution is -0.385. The normalized spacial score (nSPS) is 13.3. The molecule has 0 fully saturated rings. The van der Waals surface area contributed by atoms with Crippen LogP contribution in [-0.2, 0) is 6.42 Å². The first kappa shape index (κ1) is 18.6. The van der Waals surface area contributed by atoms with E-state index in [0.717, 1.165) is 5.56 Å².